The van der Waals surface area contributed by atoms with Crippen molar-refractivity contribution in [3.63, 3.8) is 0 Å². The second-order valence-electron chi connectivity index (χ2n) is 7.22. The molecule has 0 saturated carbocycles. The number of nitrogens with two attached hydrogens (primary N) is 1. The highest BCUT2D eigenvalue weighted by molar-refractivity contribution is 5.96. The summed E-state index contributed by atoms with van der Waals surface area (Å²) in [5.74, 6) is -0.214. The van der Waals surface area contributed by atoms with Gasteiger partial charge in [-0.05, 0) is 57.2 Å². The summed E-state index contributed by atoms with van der Waals surface area (Å²) in [4.78, 5) is 33.1. The number of anilines is 1. The number of rotatable bonds is 5. The van der Waals surface area contributed by atoms with E-state index >= 15 is 0 Å². The summed E-state index contributed by atoms with van der Waals surface area (Å²) in [6, 6.07) is 12.9. The molecule has 1 aromatic heterocycles. The van der Waals surface area contributed by atoms with Crippen molar-refractivity contribution in [2.24, 2.45) is 0 Å². The lowest BCUT2D eigenvalue weighted by Gasteiger charge is -2.27. The van der Waals surface area contributed by atoms with E-state index in [9.17, 15) is 9.18 Å². The Kier molecular flexibility index (Phi) is 7.22. The highest BCUT2D eigenvalue weighted by Crippen LogP contribution is 2.30. The third-order valence-corrected chi connectivity index (χ3v) is 4.08. The number of nitrogens with one attached hydrogen (secondary N) is 1. The van der Waals surface area contributed by atoms with Crippen LogP contribution in [0.2, 0.25) is 0 Å². The van der Waals surface area contributed by atoms with Crippen molar-refractivity contribution >= 4 is 28.6 Å². The van der Waals surface area contributed by atoms with Crippen molar-refractivity contribution < 1.29 is 23.5 Å². The van der Waals surface area contributed by atoms with Crippen LogP contribution in [0.3, 0.4) is 0 Å². The van der Waals surface area contributed by atoms with Crippen molar-refractivity contribution in [1.29, 1.82) is 0 Å². The van der Waals surface area contributed by atoms with Gasteiger partial charge in [-0.25, -0.2) is 4.39 Å². The highest BCUT2D eigenvalue weighted by Gasteiger charge is 2.23. The van der Waals surface area contributed by atoms with E-state index in [0.29, 0.717) is 11.4 Å². The van der Waals surface area contributed by atoms with Crippen molar-refractivity contribution in [1.82, 2.24) is 10.3 Å². The standard InChI is InChI=1S/C21H22FN3O2.CO2/c1-13-10-16(23)19-17(24-13)8-5-9-18(19)27-12-21(2,3)25-20(26)14-6-4-7-15(22)11-14;2-1-3/h4-11H,12H2,1-3H3,(H2,23,24)(H,25,26);. The van der Waals surface area contributed by atoms with E-state index in [1.165, 1.54) is 18.2 Å². The molecule has 0 atom stereocenters. The largest absolute Gasteiger partial charge is 0.490 e. The van der Waals surface area contributed by atoms with Crippen LogP contribution < -0.4 is 15.8 Å². The smallest absolute Gasteiger partial charge is 0.373 e. The molecule has 0 aliphatic rings. The van der Waals surface area contributed by atoms with Gasteiger partial charge in [0.05, 0.1) is 16.4 Å². The van der Waals surface area contributed by atoms with Crippen molar-refractivity contribution in [3.8, 4) is 5.75 Å². The molecule has 0 aliphatic heterocycles. The van der Waals surface area contributed by atoms with Crippen LogP contribution in [0.4, 0.5) is 10.1 Å². The summed E-state index contributed by atoms with van der Waals surface area (Å²) in [5.41, 5.74) is 7.90. The zero-order chi connectivity index (χ0) is 22.3. The number of aryl methyl sites for hydroxylation is 1. The molecule has 1 amide bonds. The number of carbonyl (C=O) groups excluding carboxylic acids is 3. The number of halogens is 1. The fourth-order valence-corrected chi connectivity index (χ4v) is 2.85. The molecule has 2 aromatic carbocycles. The molecule has 1 heterocycles. The molecular weight excluding hydrogens is 389 g/mol. The number of hydrogen-bond donors (Lipinski definition) is 2. The predicted molar refractivity (Wildman–Crippen MR) is 109 cm³/mol. The molecule has 3 rings (SSSR count). The molecule has 8 heteroatoms. The van der Waals surface area contributed by atoms with Gasteiger partial charge in [-0.2, -0.15) is 9.59 Å². The van der Waals surface area contributed by atoms with E-state index in [2.05, 4.69) is 10.3 Å². The number of amides is 1. The lowest BCUT2D eigenvalue weighted by Crippen LogP contribution is -2.47. The molecule has 0 bridgehead atoms. The average Bonchev–Trinajstić information content (AvgIpc) is 2.66. The van der Waals surface area contributed by atoms with Gasteiger partial charge in [0, 0.05) is 16.9 Å². The Labute approximate surface area is 173 Å². The van der Waals surface area contributed by atoms with E-state index in [-0.39, 0.29) is 24.2 Å². The lowest BCUT2D eigenvalue weighted by atomic mass is 10.1. The van der Waals surface area contributed by atoms with Gasteiger partial charge >= 0.3 is 6.15 Å². The number of aromatic nitrogens is 1. The van der Waals surface area contributed by atoms with Gasteiger partial charge in [0.15, 0.2) is 0 Å². The maximum Gasteiger partial charge on any atom is 0.373 e. The Morgan fingerprint density at radius 1 is 1.20 bits per heavy atom. The van der Waals surface area contributed by atoms with Gasteiger partial charge in [-0.15, -0.1) is 0 Å². The van der Waals surface area contributed by atoms with Crippen LogP contribution in [-0.2, 0) is 9.59 Å². The molecule has 0 aliphatic carbocycles. The van der Waals surface area contributed by atoms with Gasteiger partial charge in [0.1, 0.15) is 18.2 Å². The van der Waals surface area contributed by atoms with E-state index in [0.717, 1.165) is 16.6 Å². The first-order chi connectivity index (χ1) is 14.2. The van der Waals surface area contributed by atoms with Crippen LogP contribution >= 0.6 is 0 Å². The van der Waals surface area contributed by atoms with Crippen molar-refractivity contribution in [2.75, 3.05) is 12.3 Å². The predicted octanol–water partition coefficient (Wildman–Crippen LogP) is 3.27. The molecule has 3 N–H and O–H groups in total. The Hall–Kier alpha value is -3.77. The third-order valence-electron chi connectivity index (χ3n) is 4.08. The van der Waals surface area contributed by atoms with Crippen LogP contribution in [0.5, 0.6) is 5.75 Å². The quantitative estimate of drug-likeness (QED) is 0.667. The monoisotopic (exact) mass is 411 g/mol. The number of carbonyl (C=O) groups is 1. The van der Waals surface area contributed by atoms with Crippen LogP contribution in [0.1, 0.15) is 29.9 Å². The summed E-state index contributed by atoms with van der Waals surface area (Å²) in [6.07, 6.45) is 0.250. The normalized spacial score (nSPS) is 10.5. The highest BCUT2D eigenvalue weighted by atomic mass is 19.1. The Morgan fingerprint density at radius 2 is 1.87 bits per heavy atom. The molecule has 3 aromatic rings. The van der Waals surface area contributed by atoms with Crippen LogP contribution in [0.25, 0.3) is 10.9 Å². The van der Waals surface area contributed by atoms with Crippen molar-refractivity contribution in [3.05, 3.63) is 65.6 Å². The summed E-state index contributed by atoms with van der Waals surface area (Å²) < 4.78 is 19.3. The molecule has 0 spiro atoms. The van der Waals surface area contributed by atoms with Crippen LogP contribution in [0.15, 0.2) is 48.5 Å². The second kappa shape index (κ2) is 9.62. The Bertz CT molecular complexity index is 1090. The maximum atomic E-state index is 13.3. The zero-order valence-electron chi connectivity index (χ0n) is 16.9. The van der Waals surface area contributed by atoms with E-state index in [1.807, 2.05) is 39.0 Å². The summed E-state index contributed by atoms with van der Waals surface area (Å²) in [6.45, 7) is 5.76. The minimum Gasteiger partial charge on any atom is -0.490 e. The SMILES string of the molecule is Cc1cc(N)c2c(OCC(C)(C)NC(=O)c3cccc(F)c3)cccc2n1.O=C=O. The topological polar surface area (TPSA) is 111 Å². The molecule has 30 heavy (non-hydrogen) atoms. The molecule has 0 saturated heterocycles. The van der Waals surface area contributed by atoms with E-state index in [4.69, 9.17) is 20.1 Å². The van der Waals surface area contributed by atoms with Gasteiger partial charge in [-0.3, -0.25) is 9.78 Å². The molecule has 0 fully saturated rings. The molecule has 7 nitrogen and oxygen atoms in total. The lowest BCUT2D eigenvalue weighted by molar-refractivity contribution is -0.191. The van der Waals surface area contributed by atoms with Gasteiger partial charge < -0.3 is 15.8 Å². The van der Waals surface area contributed by atoms with Crippen molar-refractivity contribution in [2.45, 2.75) is 26.3 Å². The Morgan fingerprint density at radius 3 is 2.53 bits per heavy atom. The zero-order valence-corrected chi connectivity index (χ0v) is 16.9. The van der Waals surface area contributed by atoms with Crippen LogP contribution in [-0.4, -0.2) is 29.2 Å². The number of fused-ring (bicyclic) bond motifs is 1. The fraction of sp³-hybridized carbons (Fsp3) is 0.227. The molecule has 156 valence electrons. The maximum absolute atomic E-state index is 13.3. The molecule has 0 unspecified atom stereocenters. The Balaban J connectivity index is 0.00000101. The number of nitrogens with zero attached hydrogens (tertiary/aromatic N) is 1. The van der Waals surface area contributed by atoms with Crippen LogP contribution in [0, 0.1) is 12.7 Å². The number of pyridine rings is 1. The minimum absolute atomic E-state index is 0.209. The number of hydrogen-bond acceptors (Lipinski definition) is 6. The summed E-state index contributed by atoms with van der Waals surface area (Å²) in [5, 5.41) is 3.61. The number of nitrogen functional groups attached to an aromatic ring is 1. The third kappa shape index (κ3) is 5.86. The first-order valence-corrected chi connectivity index (χ1v) is 9.03. The summed E-state index contributed by atoms with van der Waals surface area (Å²) >= 11 is 0. The summed E-state index contributed by atoms with van der Waals surface area (Å²) in [7, 11) is 0. The minimum atomic E-state index is -0.682. The van der Waals surface area contributed by atoms with Gasteiger partial charge in [-0.1, -0.05) is 12.1 Å². The van der Waals surface area contributed by atoms with Gasteiger partial charge in [0.25, 0.3) is 5.91 Å². The first kappa shape index (κ1) is 22.5. The first-order valence-electron chi connectivity index (χ1n) is 9.03. The molecule has 0 radical (unpaired) electrons. The fourth-order valence-electron chi connectivity index (χ4n) is 2.85. The molecular formula is C22H22FN3O4. The average molecular weight is 411 g/mol. The van der Waals surface area contributed by atoms with Gasteiger partial charge in [0.2, 0.25) is 0 Å². The van der Waals surface area contributed by atoms with E-state index in [1.54, 1.807) is 12.1 Å². The number of ether oxygens (including phenoxy) is 1. The van der Waals surface area contributed by atoms with E-state index < -0.39 is 11.4 Å². The second-order valence-corrected chi connectivity index (χ2v) is 7.22. The number of benzene rings is 2.